The summed E-state index contributed by atoms with van der Waals surface area (Å²) in [6.45, 7) is 2.73. The fraction of sp³-hybridized carbons (Fsp3) is 0.909. The van der Waals surface area contributed by atoms with E-state index in [1.54, 1.807) is 0 Å². The van der Waals surface area contributed by atoms with Crippen LogP contribution in [0.25, 0.3) is 0 Å². The van der Waals surface area contributed by atoms with Crippen LogP contribution in [0.4, 0.5) is 0 Å². The molecule has 0 spiro atoms. The maximum atomic E-state index is 10.9. The van der Waals surface area contributed by atoms with Crippen LogP contribution < -0.4 is 11.5 Å². The van der Waals surface area contributed by atoms with E-state index < -0.39 is 11.9 Å². The molecule has 0 bridgehead atoms. The van der Waals surface area contributed by atoms with Crippen molar-refractivity contribution in [1.29, 1.82) is 0 Å². The number of primary amides is 1. The Balaban J connectivity index is 2.32. The Morgan fingerprint density at radius 1 is 1.07 bits per heavy atom. The lowest BCUT2D eigenvalue weighted by Crippen LogP contribution is -2.46. The molecule has 1 fully saturated rings. The molecule has 4 nitrogen and oxygen atoms in total. The minimum atomic E-state index is -0.509. The predicted molar refractivity (Wildman–Crippen MR) is 61.3 cm³/mol. The van der Waals surface area contributed by atoms with Crippen molar-refractivity contribution in [2.24, 2.45) is 11.5 Å². The molecule has 1 amide bonds. The van der Waals surface area contributed by atoms with E-state index in [2.05, 4.69) is 4.90 Å². The zero-order valence-electron chi connectivity index (χ0n) is 9.45. The molecule has 0 aromatic carbocycles. The molecule has 1 aliphatic heterocycles. The molecule has 1 atom stereocenters. The van der Waals surface area contributed by atoms with E-state index >= 15 is 0 Å². The summed E-state index contributed by atoms with van der Waals surface area (Å²) in [6, 6.07) is -0.509. The highest BCUT2D eigenvalue weighted by Gasteiger charge is 2.15. The van der Waals surface area contributed by atoms with Crippen LogP contribution in [0, 0.1) is 0 Å². The molecule has 0 aliphatic carbocycles. The highest BCUT2D eigenvalue weighted by Crippen LogP contribution is 2.10. The third-order valence-electron chi connectivity index (χ3n) is 3.02. The first-order valence-electron chi connectivity index (χ1n) is 5.97. The second kappa shape index (κ2) is 6.80. The van der Waals surface area contributed by atoms with Gasteiger partial charge in [-0.3, -0.25) is 4.79 Å². The average molecular weight is 213 g/mol. The van der Waals surface area contributed by atoms with Gasteiger partial charge in [-0.25, -0.2) is 0 Å². The number of rotatable bonds is 3. The molecule has 1 saturated heterocycles. The van der Waals surface area contributed by atoms with E-state index in [1.165, 1.54) is 38.5 Å². The monoisotopic (exact) mass is 213 g/mol. The summed E-state index contributed by atoms with van der Waals surface area (Å²) in [6.07, 6.45) is 7.70. The molecule has 15 heavy (non-hydrogen) atoms. The normalized spacial score (nSPS) is 22.5. The van der Waals surface area contributed by atoms with Gasteiger partial charge in [0.05, 0.1) is 6.04 Å². The highest BCUT2D eigenvalue weighted by atomic mass is 16.1. The Morgan fingerprint density at radius 3 is 2.00 bits per heavy atom. The van der Waals surface area contributed by atoms with E-state index in [0.717, 1.165) is 13.1 Å². The van der Waals surface area contributed by atoms with Crippen LogP contribution in [0.1, 0.15) is 38.5 Å². The van der Waals surface area contributed by atoms with Gasteiger partial charge in [-0.1, -0.05) is 25.7 Å². The Morgan fingerprint density at radius 2 is 1.53 bits per heavy atom. The summed E-state index contributed by atoms with van der Waals surface area (Å²) < 4.78 is 0. The second-order valence-corrected chi connectivity index (χ2v) is 4.43. The van der Waals surface area contributed by atoms with Gasteiger partial charge in [0, 0.05) is 6.54 Å². The molecule has 0 aromatic rings. The Labute approximate surface area is 92.0 Å². The molecule has 4 N–H and O–H groups in total. The van der Waals surface area contributed by atoms with Crippen LogP contribution in [0.15, 0.2) is 0 Å². The summed E-state index contributed by atoms with van der Waals surface area (Å²) in [5.74, 6) is -0.394. The van der Waals surface area contributed by atoms with Crippen LogP contribution in [0.2, 0.25) is 0 Å². The zero-order valence-corrected chi connectivity index (χ0v) is 9.45. The van der Waals surface area contributed by atoms with Crippen molar-refractivity contribution in [3.8, 4) is 0 Å². The van der Waals surface area contributed by atoms with Gasteiger partial charge in [0.2, 0.25) is 5.91 Å². The van der Waals surface area contributed by atoms with Gasteiger partial charge in [-0.05, 0) is 25.9 Å². The van der Waals surface area contributed by atoms with Crippen LogP contribution >= 0.6 is 0 Å². The third kappa shape index (κ3) is 5.14. The van der Waals surface area contributed by atoms with Crippen LogP contribution in [0.3, 0.4) is 0 Å². The predicted octanol–water partition coefficient (Wildman–Crippen LogP) is 0.455. The third-order valence-corrected chi connectivity index (χ3v) is 3.02. The summed E-state index contributed by atoms with van der Waals surface area (Å²) >= 11 is 0. The highest BCUT2D eigenvalue weighted by molar-refractivity contribution is 5.79. The van der Waals surface area contributed by atoms with E-state index in [1.807, 2.05) is 0 Å². The van der Waals surface area contributed by atoms with Gasteiger partial charge in [-0.2, -0.15) is 0 Å². The first-order valence-corrected chi connectivity index (χ1v) is 5.97. The number of hydrogen-bond donors (Lipinski definition) is 2. The first-order chi connectivity index (χ1) is 7.20. The van der Waals surface area contributed by atoms with Gasteiger partial charge in [-0.15, -0.1) is 0 Å². The molecule has 88 valence electrons. The Hall–Kier alpha value is -0.610. The topological polar surface area (TPSA) is 72.3 Å². The SMILES string of the molecule is NC(=O)C(N)CN1CCCCCCCC1. The lowest BCUT2D eigenvalue weighted by Gasteiger charge is -2.23. The molecule has 1 rings (SSSR count). The van der Waals surface area contributed by atoms with E-state index in [0.29, 0.717) is 6.54 Å². The number of nitrogens with two attached hydrogens (primary N) is 2. The molecule has 0 aromatic heterocycles. The van der Waals surface area contributed by atoms with Crippen LogP contribution in [-0.4, -0.2) is 36.5 Å². The average Bonchev–Trinajstić information content (AvgIpc) is 2.31. The fourth-order valence-corrected chi connectivity index (χ4v) is 2.04. The standard InChI is InChI=1S/C11H23N3O/c12-10(11(13)15)9-14-7-5-3-1-2-4-6-8-14/h10H,1-9,12H2,(H2,13,15). The van der Waals surface area contributed by atoms with Crippen molar-refractivity contribution < 1.29 is 4.79 Å². The van der Waals surface area contributed by atoms with Crippen molar-refractivity contribution in [2.45, 2.75) is 44.6 Å². The minimum Gasteiger partial charge on any atom is -0.368 e. The largest absolute Gasteiger partial charge is 0.368 e. The Bertz CT molecular complexity index is 186. The van der Waals surface area contributed by atoms with Gasteiger partial charge in [0.25, 0.3) is 0 Å². The summed E-state index contributed by atoms with van der Waals surface area (Å²) in [7, 11) is 0. The number of carbonyl (C=O) groups is 1. The summed E-state index contributed by atoms with van der Waals surface area (Å²) in [4.78, 5) is 13.1. The quantitative estimate of drug-likeness (QED) is 0.715. The molecule has 0 saturated carbocycles. The molecule has 1 aliphatic rings. The van der Waals surface area contributed by atoms with Gasteiger partial charge in [0.1, 0.15) is 0 Å². The Kier molecular flexibility index (Phi) is 5.65. The molecule has 4 heteroatoms. The maximum Gasteiger partial charge on any atom is 0.235 e. The lowest BCUT2D eigenvalue weighted by molar-refractivity contribution is -0.119. The smallest absolute Gasteiger partial charge is 0.235 e. The van der Waals surface area contributed by atoms with Gasteiger partial charge in [0.15, 0.2) is 0 Å². The lowest BCUT2D eigenvalue weighted by atomic mass is 10.1. The number of nitrogens with zero attached hydrogens (tertiary/aromatic N) is 1. The van der Waals surface area contributed by atoms with Crippen molar-refractivity contribution in [1.82, 2.24) is 4.90 Å². The van der Waals surface area contributed by atoms with Crippen molar-refractivity contribution in [2.75, 3.05) is 19.6 Å². The zero-order chi connectivity index (χ0) is 11.1. The number of hydrogen-bond acceptors (Lipinski definition) is 3. The summed E-state index contributed by atoms with van der Waals surface area (Å²) in [5.41, 5.74) is 10.8. The minimum absolute atomic E-state index is 0.394. The van der Waals surface area contributed by atoms with Crippen LogP contribution in [0.5, 0.6) is 0 Å². The molecular formula is C11H23N3O. The van der Waals surface area contributed by atoms with Gasteiger partial charge >= 0.3 is 0 Å². The van der Waals surface area contributed by atoms with Crippen molar-refractivity contribution in [3.05, 3.63) is 0 Å². The van der Waals surface area contributed by atoms with Gasteiger partial charge < -0.3 is 16.4 Å². The number of amides is 1. The van der Waals surface area contributed by atoms with E-state index in [-0.39, 0.29) is 0 Å². The number of carbonyl (C=O) groups excluding carboxylic acids is 1. The summed E-state index contributed by atoms with van der Waals surface area (Å²) in [5, 5.41) is 0. The second-order valence-electron chi connectivity index (χ2n) is 4.43. The first kappa shape index (κ1) is 12.5. The van der Waals surface area contributed by atoms with Crippen molar-refractivity contribution >= 4 is 5.91 Å². The molecule has 1 heterocycles. The molecule has 1 unspecified atom stereocenters. The molecule has 0 radical (unpaired) electrons. The maximum absolute atomic E-state index is 10.9. The van der Waals surface area contributed by atoms with E-state index in [4.69, 9.17) is 11.5 Å². The van der Waals surface area contributed by atoms with E-state index in [9.17, 15) is 4.79 Å². The van der Waals surface area contributed by atoms with Crippen LogP contribution in [-0.2, 0) is 4.79 Å². The van der Waals surface area contributed by atoms with Crippen molar-refractivity contribution in [3.63, 3.8) is 0 Å². The molecular weight excluding hydrogens is 190 g/mol. The fourth-order valence-electron chi connectivity index (χ4n) is 2.04.